The zero-order valence-electron chi connectivity index (χ0n) is 12.0. The molecule has 1 saturated heterocycles. The summed E-state index contributed by atoms with van der Waals surface area (Å²) >= 11 is 0. The van der Waals surface area contributed by atoms with Crippen LogP contribution in [-0.4, -0.2) is 36.3 Å². The molecular weight excluding hydrogens is 238 g/mol. The van der Waals surface area contributed by atoms with Gasteiger partial charge in [0.2, 0.25) is 0 Å². The first-order valence-electron chi connectivity index (χ1n) is 7.24. The smallest absolute Gasteiger partial charge is 0.131 e. The molecule has 1 aliphatic heterocycles. The average molecular weight is 263 g/mol. The molecule has 0 radical (unpaired) electrons. The lowest BCUT2D eigenvalue weighted by atomic mass is 10.1. The molecule has 19 heavy (non-hydrogen) atoms. The van der Waals surface area contributed by atoms with E-state index in [1.165, 1.54) is 30.4 Å². The molecule has 1 fully saturated rings. The van der Waals surface area contributed by atoms with Gasteiger partial charge >= 0.3 is 0 Å². The topological polar surface area (TPSA) is 48.4 Å². The van der Waals surface area contributed by atoms with Crippen LogP contribution in [0.4, 0.5) is 5.82 Å². The lowest BCUT2D eigenvalue weighted by Gasteiger charge is -2.31. The van der Waals surface area contributed by atoms with Gasteiger partial charge in [-0.25, -0.2) is 4.98 Å². The second-order valence-electron chi connectivity index (χ2n) is 5.39. The molecule has 1 aromatic rings. The second-order valence-corrected chi connectivity index (χ2v) is 5.39. The molecule has 4 heteroatoms. The summed E-state index contributed by atoms with van der Waals surface area (Å²) < 4.78 is 0. The number of nitrogens with zero attached hydrogens (tertiary/aromatic N) is 2. The maximum Gasteiger partial charge on any atom is 0.131 e. The summed E-state index contributed by atoms with van der Waals surface area (Å²) in [5.41, 5.74) is 2.41. The van der Waals surface area contributed by atoms with Crippen molar-refractivity contribution >= 4 is 5.82 Å². The Morgan fingerprint density at radius 1 is 1.42 bits per heavy atom. The van der Waals surface area contributed by atoms with Gasteiger partial charge in [0, 0.05) is 19.3 Å². The fourth-order valence-corrected chi connectivity index (χ4v) is 2.87. The Bertz CT molecular complexity index is 408. The van der Waals surface area contributed by atoms with Gasteiger partial charge in [0.1, 0.15) is 5.82 Å². The zero-order chi connectivity index (χ0) is 13.7. The van der Waals surface area contributed by atoms with Crippen molar-refractivity contribution in [1.82, 2.24) is 10.3 Å². The van der Waals surface area contributed by atoms with E-state index in [2.05, 4.69) is 28.2 Å². The molecule has 2 N–H and O–H groups in total. The van der Waals surface area contributed by atoms with Crippen molar-refractivity contribution in [3.8, 4) is 0 Å². The van der Waals surface area contributed by atoms with Gasteiger partial charge in [-0.1, -0.05) is 12.8 Å². The Labute approximate surface area is 115 Å². The molecule has 1 unspecified atom stereocenters. The van der Waals surface area contributed by atoms with Crippen molar-refractivity contribution in [2.75, 3.05) is 25.1 Å². The SMILES string of the molecule is CNCc1cnc(N2CCCCCC2CO)c(C)c1. The number of aryl methyl sites for hydroxylation is 1. The normalized spacial score (nSPS) is 20.4. The first kappa shape index (κ1) is 14.3. The highest BCUT2D eigenvalue weighted by Gasteiger charge is 2.22. The third-order valence-corrected chi connectivity index (χ3v) is 3.85. The fourth-order valence-electron chi connectivity index (χ4n) is 2.87. The van der Waals surface area contributed by atoms with Gasteiger partial charge in [0.05, 0.1) is 12.6 Å². The molecule has 1 atom stereocenters. The van der Waals surface area contributed by atoms with Crippen molar-refractivity contribution in [2.45, 2.75) is 45.2 Å². The number of hydrogen-bond acceptors (Lipinski definition) is 4. The van der Waals surface area contributed by atoms with Crippen LogP contribution in [0, 0.1) is 6.92 Å². The number of rotatable bonds is 4. The average Bonchev–Trinajstić information content (AvgIpc) is 2.64. The molecule has 4 nitrogen and oxygen atoms in total. The van der Waals surface area contributed by atoms with Gasteiger partial charge < -0.3 is 15.3 Å². The molecule has 1 aromatic heterocycles. The van der Waals surface area contributed by atoms with Crippen molar-refractivity contribution < 1.29 is 5.11 Å². The molecule has 0 saturated carbocycles. The zero-order valence-corrected chi connectivity index (χ0v) is 12.0. The number of aliphatic hydroxyl groups excluding tert-OH is 1. The Kier molecular flexibility index (Phi) is 5.16. The van der Waals surface area contributed by atoms with Gasteiger partial charge in [-0.3, -0.25) is 0 Å². The van der Waals surface area contributed by atoms with Crippen molar-refractivity contribution in [3.63, 3.8) is 0 Å². The van der Waals surface area contributed by atoms with E-state index in [0.29, 0.717) is 0 Å². The molecule has 0 amide bonds. The molecule has 0 aliphatic carbocycles. The predicted molar refractivity (Wildman–Crippen MR) is 78.4 cm³/mol. The first-order valence-corrected chi connectivity index (χ1v) is 7.24. The Hall–Kier alpha value is -1.13. The van der Waals surface area contributed by atoms with Crippen LogP contribution in [0.1, 0.15) is 36.8 Å². The molecule has 0 bridgehead atoms. The van der Waals surface area contributed by atoms with E-state index < -0.39 is 0 Å². The standard InChI is InChI=1S/C15H25N3O/c1-12-8-13(9-16-2)10-17-15(12)18-7-5-3-4-6-14(18)11-19/h8,10,14,16,19H,3-7,9,11H2,1-2H3. The fraction of sp³-hybridized carbons (Fsp3) is 0.667. The molecular formula is C15H25N3O. The van der Waals surface area contributed by atoms with E-state index in [4.69, 9.17) is 0 Å². The molecule has 0 spiro atoms. The molecule has 2 rings (SSSR count). The summed E-state index contributed by atoms with van der Waals surface area (Å²) in [6.45, 7) is 4.18. The van der Waals surface area contributed by atoms with Crippen molar-refractivity contribution in [1.29, 1.82) is 0 Å². The lowest BCUT2D eigenvalue weighted by molar-refractivity contribution is 0.254. The van der Waals surface area contributed by atoms with Gasteiger partial charge in [-0.15, -0.1) is 0 Å². The molecule has 2 heterocycles. The highest BCUT2D eigenvalue weighted by molar-refractivity contribution is 5.48. The summed E-state index contributed by atoms with van der Waals surface area (Å²) in [4.78, 5) is 6.93. The van der Waals surface area contributed by atoms with E-state index in [1.807, 2.05) is 13.2 Å². The van der Waals surface area contributed by atoms with E-state index >= 15 is 0 Å². The number of aliphatic hydroxyl groups is 1. The highest BCUT2D eigenvalue weighted by atomic mass is 16.3. The highest BCUT2D eigenvalue weighted by Crippen LogP contribution is 2.25. The quantitative estimate of drug-likeness (QED) is 0.870. The maximum absolute atomic E-state index is 9.60. The monoisotopic (exact) mass is 263 g/mol. The van der Waals surface area contributed by atoms with E-state index in [1.54, 1.807) is 0 Å². The summed E-state index contributed by atoms with van der Waals surface area (Å²) in [7, 11) is 1.94. The van der Waals surface area contributed by atoms with E-state index in [-0.39, 0.29) is 12.6 Å². The third-order valence-electron chi connectivity index (χ3n) is 3.85. The minimum Gasteiger partial charge on any atom is -0.394 e. The van der Waals surface area contributed by atoms with Crippen LogP contribution in [0.15, 0.2) is 12.3 Å². The first-order chi connectivity index (χ1) is 9.26. The van der Waals surface area contributed by atoms with Crippen LogP contribution >= 0.6 is 0 Å². The van der Waals surface area contributed by atoms with Crippen LogP contribution in [0.2, 0.25) is 0 Å². The van der Waals surface area contributed by atoms with E-state index in [9.17, 15) is 5.11 Å². The van der Waals surface area contributed by atoms with Gasteiger partial charge in [-0.05, 0) is 44.0 Å². The van der Waals surface area contributed by atoms with Gasteiger partial charge in [0.25, 0.3) is 0 Å². The van der Waals surface area contributed by atoms with Crippen molar-refractivity contribution in [2.24, 2.45) is 0 Å². The van der Waals surface area contributed by atoms with E-state index in [0.717, 1.165) is 25.3 Å². The van der Waals surface area contributed by atoms with Crippen LogP contribution < -0.4 is 10.2 Å². The number of hydrogen-bond donors (Lipinski definition) is 2. The molecule has 0 aromatic carbocycles. The van der Waals surface area contributed by atoms with Crippen LogP contribution in [0.25, 0.3) is 0 Å². The van der Waals surface area contributed by atoms with Crippen LogP contribution in [0.3, 0.4) is 0 Å². The Morgan fingerprint density at radius 2 is 2.26 bits per heavy atom. The van der Waals surface area contributed by atoms with Crippen molar-refractivity contribution in [3.05, 3.63) is 23.4 Å². The molecule has 106 valence electrons. The number of anilines is 1. The largest absolute Gasteiger partial charge is 0.394 e. The Morgan fingerprint density at radius 3 is 2.95 bits per heavy atom. The summed E-state index contributed by atoms with van der Waals surface area (Å²) in [6, 6.07) is 2.42. The third kappa shape index (κ3) is 3.45. The van der Waals surface area contributed by atoms with Crippen LogP contribution in [-0.2, 0) is 6.54 Å². The van der Waals surface area contributed by atoms with Gasteiger partial charge in [0.15, 0.2) is 0 Å². The van der Waals surface area contributed by atoms with Crippen LogP contribution in [0.5, 0.6) is 0 Å². The minimum atomic E-state index is 0.222. The minimum absolute atomic E-state index is 0.222. The second kappa shape index (κ2) is 6.87. The maximum atomic E-state index is 9.60. The summed E-state index contributed by atoms with van der Waals surface area (Å²) in [5, 5.41) is 12.7. The molecule has 1 aliphatic rings. The number of nitrogens with one attached hydrogen (secondary N) is 1. The Balaban J connectivity index is 2.23. The summed E-state index contributed by atoms with van der Waals surface area (Å²) in [6.07, 6.45) is 6.66. The van der Waals surface area contributed by atoms with Gasteiger partial charge in [-0.2, -0.15) is 0 Å². The predicted octanol–water partition coefficient (Wildman–Crippen LogP) is 1.85. The number of pyridine rings is 1. The lowest BCUT2D eigenvalue weighted by Crippen LogP contribution is -2.38. The summed E-state index contributed by atoms with van der Waals surface area (Å²) in [5.74, 6) is 1.04. The number of aromatic nitrogens is 1.